The van der Waals surface area contributed by atoms with Crippen LogP contribution in [-0.2, 0) is 25.9 Å². The first-order valence-corrected chi connectivity index (χ1v) is 16.1. The Hall–Kier alpha value is -5.52. The van der Waals surface area contributed by atoms with Gasteiger partial charge in [-0.05, 0) is 97.5 Å². The van der Waals surface area contributed by atoms with Crippen molar-refractivity contribution in [2.45, 2.75) is 39.8 Å². The predicted octanol–water partition coefficient (Wildman–Crippen LogP) is 7.30. The molecule has 0 fully saturated rings. The van der Waals surface area contributed by atoms with Crippen molar-refractivity contribution in [3.05, 3.63) is 153 Å². The minimum Gasteiger partial charge on any atom is -0.476 e. The lowest BCUT2D eigenvalue weighted by atomic mass is 10.1. The van der Waals surface area contributed by atoms with Crippen molar-refractivity contribution in [2.75, 3.05) is 11.1 Å². The molecule has 13 heteroatoms. The highest BCUT2D eigenvalue weighted by Crippen LogP contribution is 2.16. The lowest BCUT2D eigenvalue weighted by Crippen LogP contribution is -2.14. The standard InChI is InChI=1S/C18H17ClN4O.C12H11ClN2.C6H8N2O2/c1-2-23-9-8-16(22-23)18(24)21-17-7-6-14(12-20-17)10-13-4-3-5-15(19)11-13;13-11-3-1-2-9(7-11)6-10-4-5-12(14)15-8-10;1-2-8-4-3-5(7-8)6(9)10/h3-9,11-12H,2,10H2,1H3,(H,20,21,24);1-5,7-8H,6H2,(H2,14,15);3-4H,2H2,1H3,(H,9,10). The molecule has 6 rings (SSSR count). The van der Waals surface area contributed by atoms with Gasteiger partial charge in [-0.2, -0.15) is 10.2 Å². The molecule has 49 heavy (non-hydrogen) atoms. The molecule has 0 aliphatic rings. The van der Waals surface area contributed by atoms with E-state index < -0.39 is 5.97 Å². The molecule has 0 saturated carbocycles. The molecule has 4 N–H and O–H groups in total. The number of nitrogens with two attached hydrogens (primary N) is 1. The Kier molecular flexibility index (Phi) is 13.4. The van der Waals surface area contributed by atoms with Crippen LogP contribution in [0.15, 0.2) is 110 Å². The van der Waals surface area contributed by atoms with E-state index in [9.17, 15) is 9.59 Å². The number of nitrogens with zero attached hydrogens (tertiary/aromatic N) is 6. The number of anilines is 2. The summed E-state index contributed by atoms with van der Waals surface area (Å²) < 4.78 is 3.28. The highest BCUT2D eigenvalue weighted by molar-refractivity contribution is 6.30. The van der Waals surface area contributed by atoms with Crippen molar-refractivity contribution in [1.29, 1.82) is 0 Å². The molecule has 0 spiro atoms. The third kappa shape index (κ3) is 11.9. The zero-order valence-corrected chi connectivity index (χ0v) is 28.5. The van der Waals surface area contributed by atoms with Gasteiger partial charge in [-0.1, -0.05) is 59.6 Å². The topological polar surface area (TPSA) is 154 Å². The monoisotopic (exact) mass is 698 g/mol. The number of rotatable bonds is 9. The summed E-state index contributed by atoms with van der Waals surface area (Å²) in [5.74, 6) is -0.199. The molecule has 0 aliphatic heterocycles. The van der Waals surface area contributed by atoms with E-state index in [0.29, 0.717) is 23.9 Å². The molecular formula is C36H36Cl2N8O3. The van der Waals surface area contributed by atoms with Gasteiger partial charge < -0.3 is 16.2 Å². The number of nitrogens with one attached hydrogen (secondary N) is 1. The summed E-state index contributed by atoms with van der Waals surface area (Å²) in [6, 6.07) is 26.2. The number of hydrogen-bond acceptors (Lipinski definition) is 7. The van der Waals surface area contributed by atoms with E-state index >= 15 is 0 Å². The molecule has 1 amide bonds. The Morgan fingerprint density at radius 3 is 1.67 bits per heavy atom. The summed E-state index contributed by atoms with van der Waals surface area (Å²) in [4.78, 5) is 30.7. The number of halogens is 2. The summed E-state index contributed by atoms with van der Waals surface area (Å²) in [5.41, 5.74) is 10.5. The van der Waals surface area contributed by atoms with Crippen molar-refractivity contribution in [3.63, 3.8) is 0 Å². The van der Waals surface area contributed by atoms with Crippen LogP contribution in [0.25, 0.3) is 0 Å². The second-order valence-corrected chi connectivity index (χ2v) is 11.5. The van der Waals surface area contributed by atoms with Crippen LogP contribution in [0.1, 0.15) is 57.1 Å². The first-order valence-electron chi connectivity index (χ1n) is 15.4. The predicted molar refractivity (Wildman–Crippen MR) is 192 cm³/mol. The molecule has 0 atom stereocenters. The van der Waals surface area contributed by atoms with Crippen LogP contribution in [-0.4, -0.2) is 46.5 Å². The number of hydrogen-bond donors (Lipinski definition) is 3. The summed E-state index contributed by atoms with van der Waals surface area (Å²) in [6.07, 6.45) is 8.52. The van der Waals surface area contributed by atoms with Crippen LogP contribution in [0.4, 0.5) is 11.6 Å². The first kappa shape index (κ1) is 36.3. The normalized spacial score (nSPS) is 10.3. The van der Waals surface area contributed by atoms with Gasteiger partial charge in [-0.25, -0.2) is 14.8 Å². The van der Waals surface area contributed by atoms with Crippen LogP contribution in [0.5, 0.6) is 0 Å². The van der Waals surface area contributed by atoms with Crippen LogP contribution >= 0.6 is 23.2 Å². The van der Waals surface area contributed by atoms with Crippen LogP contribution in [0.3, 0.4) is 0 Å². The zero-order chi connectivity index (χ0) is 35.2. The molecule has 0 aliphatic carbocycles. The molecule has 0 saturated heterocycles. The van der Waals surface area contributed by atoms with E-state index in [1.54, 1.807) is 52.4 Å². The summed E-state index contributed by atoms with van der Waals surface area (Å²) in [7, 11) is 0. The lowest BCUT2D eigenvalue weighted by Gasteiger charge is -2.05. The number of pyridine rings is 2. The molecular weight excluding hydrogens is 663 g/mol. The van der Waals surface area contributed by atoms with Crippen LogP contribution in [0.2, 0.25) is 10.0 Å². The maximum absolute atomic E-state index is 12.1. The third-order valence-corrected chi connectivity index (χ3v) is 7.36. The lowest BCUT2D eigenvalue weighted by molar-refractivity contribution is 0.0689. The molecule has 11 nitrogen and oxygen atoms in total. The number of benzene rings is 2. The number of aromatic carboxylic acids is 1. The maximum Gasteiger partial charge on any atom is 0.356 e. The highest BCUT2D eigenvalue weighted by Gasteiger charge is 2.10. The molecule has 252 valence electrons. The third-order valence-electron chi connectivity index (χ3n) is 6.89. The number of carboxylic acid groups (broad SMARTS) is 1. The number of amides is 1. The van der Waals surface area contributed by atoms with Gasteiger partial charge in [0.25, 0.3) is 5.91 Å². The van der Waals surface area contributed by atoms with E-state index in [1.165, 1.54) is 11.6 Å². The van der Waals surface area contributed by atoms with E-state index in [-0.39, 0.29) is 11.6 Å². The smallest absolute Gasteiger partial charge is 0.356 e. The van der Waals surface area contributed by atoms with Crippen molar-refractivity contribution in [1.82, 2.24) is 29.5 Å². The average Bonchev–Trinajstić information content (AvgIpc) is 3.78. The molecule has 4 heterocycles. The van der Waals surface area contributed by atoms with Gasteiger partial charge in [0, 0.05) is 47.9 Å². The van der Waals surface area contributed by atoms with E-state index in [4.69, 9.17) is 34.0 Å². The fourth-order valence-electron chi connectivity index (χ4n) is 4.40. The first-order chi connectivity index (χ1) is 23.6. The number of carboxylic acids is 1. The van der Waals surface area contributed by atoms with Gasteiger partial charge in [0.1, 0.15) is 11.6 Å². The van der Waals surface area contributed by atoms with E-state index in [0.717, 1.165) is 46.1 Å². The fourth-order valence-corrected chi connectivity index (χ4v) is 4.83. The Labute approximate surface area is 294 Å². The molecule has 6 aromatic rings. The van der Waals surface area contributed by atoms with Gasteiger partial charge in [-0.15, -0.1) is 0 Å². The van der Waals surface area contributed by atoms with Crippen molar-refractivity contribution in [2.24, 2.45) is 0 Å². The fraction of sp³-hybridized carbons (Fsp3) is 0.167. The summed E-state index contributed by atoms with van der Waals surface area (Å²) in [6.45, 7) is 5.30. The number of carbonyl (C=O) groups excluding carboxylic acids is 1. The van der Waals surface area contributed by atoms with Crippen molar-refractivity contribution in [3.8, 4) is 0 Å². The van der Waals surface area contributed by atoms with Gasteiger partial charge in [0.15, 0.2) is 11.4 Å². The van der Waals surface area contributed by atoms with Gasteiger partial charge >= 0.3 is 5.97 Å². The Morgan fingerprint density at radius 1 is 0.714 bits per heavy atom. The maximum atomic E-state index is 12.1. The van der Waals surface area contributed by atoms with E-state index in [1.807, 2.05) is 74.5 Å². The Balaban J connectivity index is 0.000000184. The number of aromatic nitrogens is 6. The second-order valence-electron chi connectivity index (χ2n) is 10.6. The average molecular weight is 700 g/mol. The second kappa shape index (κ2) is 18.1. The molecule has 4 aromatic heterocycles. The molecule has 2 aromatic carbocycles. The highest BCUT2D eigenvalue weighted by atomic mass is 35.5. The molecule has 0 radical (unpaired) electrons. The van der Waals surface area contributed by atoms with E-state index in [2.05, 4.69) is 25.5 Å². The van der Waals surface area contributed by atoms with Gasteiger partial charge in [-0.3, -0.25) is 14.2 Å². The van der Waals surface area contributed by atoms with Crippen molar-refractivity contribution >= 4 is 46.7 Å². The minimum absolute atomic E-state index is 0.0989. The van der Waals surface area contributed by atoms with Crippen LogP contribution in [0, 0.1) is 0 Å². The number of nitrogen functional groups attached to an aromatic ring is 1. The minimum atomic E-state index is -0.979. The zero-order valence-electron chi connectivity index (χ0n) is 27.0. The van der Waals surface area contributed by atoms with Gasteiger partial charge in [0.2, 0.25) is 0 Å². The summed E-state index contributed by atoms with van der Waals surface area (Å²) in [5, 5.41) is 20.6. The molecule has 0 bridgehead atoms. The Bertz CT molecular complexity index is 1960. The largest absolute Gasteiger partial charge is 0.476 e. The SMILES string of the molecule is CCn1ccc(C(=O)Nc2ccc(Cc3cccc(Cl)c3)cn2)n1.CCn1ccc(C(=O)O)n1.Nc1ccc(Cc2cccc(Cl)c2)cn1. The Morgan fingerprint density at radius 2 is 1.24 bits per heavy atom. The van der Waals surface area contributed by atoms with Crippen LogP contribution < -0.4 is 11.1 Å². The van der Waals surface area contributed by atoms with Gasteiger partial charge in [0.05, 0.1) is 0 Å². The summed E-state index contributed by atoms with van der Waals surface area (Å²) >= 11 is 11.9. The number of aryl methyl sites for hydroxylation is 2. The number of carbonyl (C=O) groups is 2. The van der Waals surface area contributed by atoms with Crippen molar-refractivity contribution < 1.29 is 14.7 Å². The molecule has 0 unspecified atom stereocenters. The quantitative estimate of drug-likeness (QED) is 0.142.